The normalized spacial score (nSPS) is 31.0. The molecule has 2 aliphatic rings. The van der Waals surface area contributed by atoms with Gasteiger partial charge in [-0.2, -0.15) is 0 Å². The molecule has 1 aliphatic heterocycles. The standard InChI is InChI=1S/C19H28O2/c1-13-7-16(10-19(3,4)9-13)15-5-6-18(14(2)8-15)21-12-17-11-20-17/h5-6,8,13,16-17H,7,9-12H2,1-4H3. The van der Waals surface area contributed by atoms with Crippen molar-refractivity contribution in [2.45, 2.75) is 59.0 Å². The van der Waals surface area contributed by atoms with Crippen LogP contribution in [0.2, 0.25) is 0 Å². The molecule has 1 heterocycles. The first-order chi connectivity index (χ1) is 9.93. The number of hydrogen-bond donors (Lipinski definition) is 0. The van der Waals surface area contributed by atoms with Gasteiger partial charge in [-0.25, -0.2) is 0 Å². The van der Waals surface area contributed by atoms with Gasteiger partial charge in [0, 0.05) is 0 Å². The molecule has 0 radical (unpaired) electrons. The molecule has 0 aromatic heterocycles. The van der Waals surface area contributed by atoms with E-state index in [1.165, 1.54) is 30.4 Å². The van der Waals surface area contributed by atoms with Gasteiger partial charge in [0.1, 0.15) is 18.5 Å². The van der Waals surface area contributed by atoms with Gasteiger partial charge in [0.05, 0.1) is 6.61 Å². The smallest absolute Gasteiger partial charge is 0.122 e. The molecular weight excluding hydrogens is 260 g/mol. The lowest BCUT2D eigenvalue weighted by molar-refractivity contribution is 0.168. The Labute approximate surface area is 128 Å². The number of rotatable bonds is 4. The van der Waals surface area contributed by atoms with E-state index in [4.69, 9.17) is 9.47 Å². The average Bonchev–Trinajstić information content (AvgIpc) is 3.19. The Morgan fingerprint density at radius 3 is 2.67 bits per heavy atom. The van der Waals surface area contributed by atoms with E-state index in [1.807, 2.05) is 0 Å². The molecule has 116 valence electrons. The molecule has 2 nitrogen and oxygen atoms in total. The SMILES string of the molecule is Cc1cc(C2CC(C)CC(C)(C)C2)ccc1OCC1CO1. The first kappa shape index (κ1) is 14.9. The summed E-state index contributed by atoms with van der Waals surface area (Å²) in [5.41, 5.74) is 3.21. The summed E-state index contributed by atoms with van der Waals surface area (Å²) in [4.78, 5) is 0. The number of ether oxygens (including phenoxy) is 2. The Morgan fingerprint density at radius 1 is 1.29 bits per heavy atom. The molecule has 1 aromatic rings. The lowest BCUT2D eigenvalue weighted by Gasteiger charge is -2.39. The van der Waals surface area contributed by atoms with Gasteiger partial charge in [-0.15, -0.1) is 0 Å². The number of aryl methyl sites for hydroxylation is 1. The van der Waals surface area contributed by atoms with Gasteiger partial charge >= 0.3 is 0 Å². The van der Waals surface area contributed by atoms with Crippen LogP contribution in [-0.2, 0) is 4.74 Å². The molecule has 0 bridgehead atoms. The summed E-state index contributed by atoms with van der Waals surface area (Å²) < 4.78 is 11.0. The average molecular weight is 288 g/mol. The predicted molar refractivity (Wildman–Crippen MR) is 86.0 cm³/mol. The van der Waals surface area contributed by atoms with Crippen molar-refractivity contribution in [1.29, 1.82) is 0 Å². The fourth-order valence-electron chi connectivity index (χ4n) is 4.04. The van der Waals surface area contributed by atoms with E-state index < -0.39 is 0 Å². The molecule has 1 saturated heterocycles. The van der Waals surface area contributed by atoms with Crippen LogP contribution in [0.15, 0.2) is 18.2 Å². The Hall–Kier alpha value is -1.02. The Kier molecular flexibility index (Phi) is 4.00. The van der Waals surface area contributed by atoms with E-state index in [2.05, 4.69) is 45.9 Å². The maximum atomic E-state index is 5.84. The number of benzene rings is 1. The topological polar surface area (TPSA) is 21.8 Å². The van der Waals surface area contributed by atoms with Crippen LogP contribution in [0.3, 0.4) is 0 Å². The van der Waals surface area contributed by atoms with Crippen molar-refractivity contribution < 1.29 is 9.47 Å². The maximum Gasteiger partial charge on any atom is 0.122 e. The van der Waals surface area contributed by atoms with Crippen molar-refractivity contribution in [1.82, 2.24) is 0 Å². The minimum Gasteiger partial charge on any atom is -0.491 e. The summed E-state index contributed by atoms with van der Waals surface area (Å²) in [7, 11) is 0. The minimum absolute atomic E-state index is 0.323. The van der Waals surface area contributed by atoms with Gasteiger partial charge in [0.25, 0.3) is 0 Å². The Morgan fingerprint density at radius 2 is 2.05 bits per heavy atom. The number of epoxide rings is 1. The third-order valence-electron chi connectivity index (χ3n) is 4.88. The van der Waals surface area contributed by atoms with Crippen molar-refractivity contribution in [2.24, 2.45) is 11.3 Å². The van der Waals surface area contributed by atoms with Gasteiger partial charge in [-0.3, -0.25) is 0 Å². The Bertz CT molecular complexity index is 502. The Balaban J connectivity index is 1.71. The van der Waals surface area contributed by atoms with Gasteiger partial charge in [0.15, 0.2) is 0 Å². The van der Waals surface area contributed by atoms with Crippen molar-refractivity contribution in [3.05, 3.63) is 29.3 Å². The highest BCUT2D eigenvalue weighted by molar-refractivity contribution is 5.38. The zero-order valence-corrected chi connectivity index (χ0v) is 13.8. The van der Waals surface area contributed by atoms with Crippen LogP contribution >= 0.6 is 0 Å². The van der Waals surface area contributed by atoms with Gasteiger partial charge < -0.3 is 9.47 Å². The molecule has 1 saturated carbocycles. The predicted octanol–water partition coefficient (Wildman–Crippen LogP) is 4.70. The van der Waals surface area contributed by atoms with Crippen LogP contribution < -0.4 is 4.74 Å². The summed E-state index contributed by atoms with van der Waals surface area (Å²) in [5.74, 6) is 2.53. The van der Waals surface area contributed by atoms with Crippen LogP contribution in [0.1, 0.15) is 57.1 Å². The van der Waals surface area contributed by atoms with Crippen LogP contribution in [0, 0.1) is 18.3 Å². The molecule has 3 rings (SSSR count). The highest BCUT2D eigenvalue weighted by Gasteiger charge is 2.32. The molecular formula is C19H28O2. The molecule has 1 aromatic carbocycles. The van der Waals surface area contributed by atoms with Crippen molar-refractivity contribution in [2.75, 3.05) is 13.2 Å². The summed E-state index contributed by atoms with van der Waals surface area (Å²) in [6, 6.07) is 6.76. The quantitative estimate of drug-likeness (QED) is 0.749. The molecule has 0 amide bonds. The van der Waals surface area contributed by atoms with Gasteiger partial charge in [0.2, 0.25) is 0 Å². The third-order valence-corrected chi connectivity index (χ3v) is 4.88. The highest BCUT2D eigenvalue weighted by atomic mass is 16.6. The van der Waals surface area contributed by atoms with E-state index in [0.29, 0.717) is 24.0 Å². The molecule has 2 fully saturated rings. The molecule has 0 N–H and O–H groups in total. The first-order valence-electron chi connectivity index (χ1n) is 8.28. The lowest BCUT2D eigenvalue weighted by atomic mass is 9.66. The molecule has 1 aliphatic carbocycles. The first-order valence-corrected chi connectivity index (χ1v) is 8.28. The van der Waals surface area contributed by atoms with Crippen LogP contribution in [0.25, 0.3) is 0 Å². The second kappa shape index (κ2) is 5.64. The van der Waals surface area contributed by atoms with E-state index in [0.717, 1.165) is 18.3 Å². The van der Waals surface area contributed by atoms with Crippen LogP contribution in [-0.4, -0.2) is 19.3 Å². The van der Waals surface area contributed by atoms with E-state index >= 15 is 0 Å². The van der Waals surface area contributed by atoms with Crippen molar-refractivity contribution >= 4 is 0 Å². The summed E-state index contributed by atoms with van der Waals surface area (Å²) in [6.07, 6.45) is 4.29. The highest BCUT2D eigenvalue weighted by Crippen LogP contribution is 2.46. The molecule has 3 atom stereocenters. The van der Waals surface area contributed by atoms with E-state index in [-0.39, 0.29) is 0 Å². The zero-order chi connectivity index (χ0) is 15.0. The van der Waals surface area contributed by atoms with Crippen molar-refractivity contribution in [3.63, 3.8) is 0 Å². The fraction of sp³-hybridized carbons (Fsp3) is 0.684. The fourth-order valence-corrected chi connectivity index (χ4v) is 4.04. The lowest BCUT2D eigenvalue weighted by Crippen LogP contribution is -2.26. The second-order valence-corrected chi connectivity index (χ2v) is 7.90. The van der Waals surface area contributed by atoms with E-state index in [9.17, 15) is 0 Å². The van der Waals surface area contributed by atoms with Crippen LogP contribution in [0.5, 0.6) is 5.75 Å². The summed E-state index contributed by atoms with van der Waals surface area (Å²) in [5, 5.41) is 0. The third kappa shape index (κ3) is 3.79. The molecule has 3 unspecified atom stereocenters. The van der Waals surface area contributed by atoms with Crippen molar-refractivity contribution in [3.8, 4) is 5.75 Å². The summed E-state index contributed by atoms with van der Waals surface area (Å²) in [6.45, 7) is 10.9. The van der Waals surface area contributed by atoms with E-state index in [1.54, 1.807) is 0 Å². The summed E-state index contributed by atoms with van der Waals surface area (Å²) >= 11 is 0. The minimum atomic E-state index is 0.323. The van der Waals surface area contributed by atoms with Crippen LogP contribution in [0.4, 0.5) is 0 Å². The zero-order valence-electron chi connectivity index (χ0n) is 13.8. The molecule has 21 heavy (non-hydrogen) atoms. The molecule has 2 heteroatoms. The maximum absolute atomic E-state index is 5.84. The monoisotopic (exact) mass is 288 g/mol. The van der Waals surface area contributed by atoms with Gasteiger partial charge in [-0.1, -0.05) is 32.9 Å². The van der Waals surface area contributed by atoms with Gasteiger partial charge in [-0.05, 0) is 60.6 Å². The number of hydrogen-bond acceptors (Lipinski definition) is 2. The second-order valence-electron chi connectivity index (χ2n) is 7.90. The molecule has 0 spiro atoms. The largest absolute Gasteiger partial charge is 0.491 e.